The van der Waals surface area contributed by atoms with Gasteiger partial charge in [-0.25, -0.2) is 0 Å². The van der Waals surface area contributed by atoms with Crippen LogP contribution < -0.4 is 10.1 Å². The number of benzene rings is 1. The van der Waals surface area contributed by atoms with Crippen molar-refractivity contribution >= 4 is 11.6 Å². The Morgan fingerprint density at radius 1 is 1.26 bits per heavy atom. The molecule has 0 aliphatic heterocycles. The minimum atomic E-state index is 0.0350. The molecule has 0 radical (unpaired) electrons. The molecule has 0 unspecified atom stereocenters. The van der Waals surface area contributed by atoms with Crippen molar-refractivity contribution in [3.05, 3.63) is 28.8 Å². The van der Waals surface area contributed by atoms with Crippen molar-refractivity contribution in [2.24, 2.45) is 0 Å². The first-order valence-corrected chi connectivity index (χ1v) is 7.08. The molecule has 3 nitrogen and oxygen atoms in total. The summed E-state index contributed by atoms with van der Waals surface area (Å²) in [6.07, 6.45) is 1.60. The van der Waals surface area contributed by atoms with Crippen LogP contribution in [-0.2, 0) is 6.54 Å². The fourth-order valence-corrected chi connectivity index (χ4v) is 1.83. The molecular weight excluding hydrogens is 262 g/mol. The van der Waals surface area contributed by atoms with Gasteiger partial charge in [0.15, 0.2) is 0 Å². The normalized spacial score (nSPS) is 11.6. The molecule has 1 aromatic carbocycles. The molecule has 0 amide bonds. The first kappa shape index (κ1) is 16.3. The summed E-state index contributed by atoms with van der Waals surface area (Å²) in [5.41, 5.74) is 1.02. The number of aliphatic hydroxyl groups is 1. The van der Waals surface area contributed by atoms with E-state index in [-0.39, 0.29) is 12.1 Å². The Morgan fingerprint density at radius 3 is 2.63 bits per heavy atom. The zero-order valence-corrected chi connectivity index (χ0v) is 12.8. The Hall–Kier alpha value is -0.770. The van der Waals surface area contributed by atoms with E-state index in [0.717, 1.165) is 29.2 Å². The van der Waals surface area contributed by atoms with E-state index >= 15 is 0 Å². The van der Waals surface area contributed by atoms with Crippen LogP contribution in [0.4, 0.5) is 0 Å². The first-order chi connectivity index (χ1) is 8.94. The van der Waals surface area contributed by atoms with Gasteiger partial charge in [0.25, 0.3) is 0 Å². The van der Waals surface area contributed by atoms with Gasteiger partial charge in [0.1, 0.15) is 5.75 Å². The second kappa shape index (κ2) is 7.73. The van der Waals surface area contributed by atoms with Crippen LogP contribution in [0.25, 0.3) is 0 Å². The summed E-state index contributed by atoms with van der Waals surface area (Å²) in [4.78, 5) is 0. The van der Waals surface area contributed by atoms with Crippen LogP contribution >= 0.6 is 11.6 Å². The molecule has 1 aromatic rings. The van der Waals surface area contributed by atoms with Crippen LogP contribution in [0.3, 0.4) is 0 Å². The fraction of sp³-hybridized carbons (Fsp3) is 0.600. The van der Waals surface area contributed by atoms with Gasteiger partial charge in [0.2, 0.25) is 0 Å². The lowest BCUT2D eigenvalue weighted by molar-refractivity contribution is 0.251. The smallest absolute Gasteiger partial charge is 0.125 e. The lowest BCUT2D eigenvalue weighted by Crippen LogP contribution is -2.35. The highest BCUT2D eigenvalue weighted by molar-refractivity contribution is 6.31. The zero-order chi connectivity index (χ0) is 14.3. The molecule has 0 spiro atoms. The number of hydrogen-bond donors (Lipinski definition) is 2. The summed E-state index contributed by atoms with van der Waals surface area (Å²) in [7, 11) is 0. The molecule has 1 rings (SSSR count). The van der Waals surface area contributed by atoms with Gasteiger partial charge in [-0.05, 0) is 45.7 Å². The average Bonchev–Trinajstić information content (AvgIpc) is 2.32. The molecule has 0 aromatic heterocycles. The Balaban J connectivity index is 2.66. The van der Waals surface area contributed by atoms with Gasteiger partial charge in [-0.2, -0.15) is 0 Å². The maximum Gasteiger partial charge on any atom is 0.125 e. The van der Waals surface area contributed by atoms with Crippen LogP contribution in [0, 0.1) is 0 Å². The molecule has 0 bridgehead atoms. The second-order valence-corrected chi connectivity index (χ2v) is 6.01. The third-order valence-electron chi connectivity index (χ3n) is 2.68. The predicted octanol–water partition coefficient (Wildman–Crippen LogP) is 3.38. The summed E-state index contributed by atoms with van der Waals surface area (Å²) < 4.78 is 5.75. The van der Waals surface area contributed by atoms with E-state index in [2.05, 4.69) is 26.1 Å². The van der Waals surface area contributed by atoms with Crippen molar-refractivity contribution in [3.63, 3.8) is 0 Å². The summed E-state index contributed by atoms with van der Waals surface area (Å²) in [6.45, 7) is 7.84. The number of unbranched alkanes of at least 4 members (excludes halogenated alkanes) is 1. The van der Waals surface area contributed by atoms with Gasteiger partial charge in [-0.15, -0.1) is 0 Å². The highest BCUT2D eigenvalue weighted by Gasteiger charge is 2.13. The lowest BCUT2D eigenvalue weighted by atomic mass is 10.1. The molecule has 0 aliphatic rings. The lowest BCUT2D eigenvalue weighted by Gasteiger charge is -2.22. The van der Waals surface area contributed by atoms with E-state index in [1.807, 2.05) is 18.2 Å². The Kier molecular flexibility index (Phi) is 6.63. The standard InChI is InChI=1S/C15H24ClNO2/c1-15(2,3)17-11-12-13(16)7-6-8-14(12)19-10-5-4-9-18/h6-8,17-18H,4-5,9-11H2,1-3H3. The van der Waals surface area contributed by atoms with Crippen molar-refractivity contribution in [2.45, 2.75) is 45.7 Å². The summed E-state index contributed by atoms with van der Waals surface area (Å²) in [6, 6.07) is 5.70. The van der Waals surface area contributed by atoms with E-state index in [9.17, 15) is 0 Å². The third kappa shape index (κ3) is 6.28. The minimum Gasteiger partial charge on any atom is -0.493 e. The molecule has 19 heavy (non-hydrogen) atoms. The number of rotatable bonds is 7. The summed E-state index contributed by atoms with van der Waals surface area (Å²) in [5.74, 6) is 0.821. The Morgan fingerprint density at radius 2 is 2.00 bits per heavy atom. The third-order valence-corrected chi connectivity index (χ3v) is 3.04. The summed E-state index contributed by atoms with van der Waals surface area (Å²) >= 11 is 6.24. The van der Waals surface area contributed by atoms with Crippen molar-refractivity contribution in [1.82, 2.24) is 5.32 Å². The quantitative estimate of drug-likeness (QED) is 0.755. The van der Waals surface area contributed by atoms with Gasteiger partial charge in [0.05, 0.1) is 6.61 Å². The van der Waals surface area contributed by atoms with Crippen molar-refractivity contribution in [1.29, 1.82) is 0 Å². The van der Waals surface area contributed by atoms with Gasteiger partial charge in [-0.3, -0.25) is 0 Å². The van der Waals surface area contributed by atoms with Crippen molar-refractivity contribution in [2.75, 3.05) is 13.2 Å². The molecule has 2 N–H and O–H groups in total. The van der Waals surface area contributed by atoms with Crippen molar-refractivity contribution < 1.29 is 9.84 Å². The zero-order valence-electron chi connectivity index (χ0n) is 12.0. The Bertz CT molecular complexity index is 388. The number of halogens is 1. The average molecular weight is 286 g/mol. The summed E-state index contributed by atoms with van der Waals surface area (Å²) in [5, 5.41) is 12.9. The number of aliphatic hydroxyl groups excluding tert-OH is 1. The molecule has 108 valence electrons. The molecule has 0 saturated heterocycles. The molecule has 4 heteroatoms. The molecule has 0 heterocycles. The predicted molar refractivity (Wildman–Crippen MR) is 79.9 cm³/mol. The highest BCUT2D eigenvalue weighted by atomic mass is 35.5. The number of hydrogen-bond acceptors (Lipinski definition) is 3. The monoisotopic (exact) mass is 285 g/mol. The van der Waals surface area contributed by atoms with Crippen LogP contribution in [0.2, 0.25) is 5.02 Å². The van der Waals surface area contributed by atoms with E-state index < -0.39 is 0 Å². The van der Waals surface area contributed by atoms with Gasteiger partial charge < -0.3 is 15.2 Å². The number of ether oxygens (including phenoxy) is 1. The molecule has 0 atom stereocenters. The van der Waals surface area contributed by atoms with Gasteiger partial charge in [-0.1, -0.05) is 17.7 Å². The molecule has 0 saturated carbocycles. The highest BCUT2D eigenvalue weighted by Crippen LogP contribution is 2.27. The van der Waals surface area contributed by atoms with E-state index in [0.29, 0.717) is 13.2 Å². The first-order valence-electron chi connectivity index (χ1n) is 6.70. The topological polar surface area (TPSA) is 41.5 Å². The largest absolute Gasteiger partial charge is 0.493 e. The molecular formula is C15H24ClNO2. The van der Waals surface area contributed by atoms with Crippen LogP contribution in [0.15, 0.2) is 18.2 Å². The van der Waals surface area contributed by atoms with Gasteiger partial charge in [0, 0.05) is 29.3 Å². The second-order valence-electron chi connectivity index (χ2n) is 5.60. The van der Waals surface area contributed by atoms with Crippen molar-refractivity contribution in [3.8, 4) is 5.75 Å². The number of nitrogens with one attached hydrogen (secondary N) is 1. The SMILES string of the molecule is CC(C)(C)NCc1c(Cl)cccc1OCCCCO. The Labute approximate surface area is 120 Å². The van der Waals surface area contributed by atoms with Crippen LogP contribution in [0.1, 0.15) is 39.2 Å². The molecule has 0 aliphatic carbocycles. The van der Waals surface area contributed by atoms with Gasteiger partial charge >= 0.3 is 0 Å². The van der Waals surface area contributed by atoms with E-state index in [1.165, 1.54) is 0 Å². The maximum atomic E-state index is 8.75. The maximum absolute atomic E-state index is 8.75. The minimum absolute atomic E-state index is 0.0350. The fourth-order valence-electron chi connectivity index (χ4n) is 1.60. The van der Waals surface area contributed by atoms with Crippen LogP contribution in [-0.4, -0.2) is 23.9 Å². The molecule has 0 fully saturated rings. The van der Waals surface area contributed by atoms with E-state index in [1.54, 1.807) is 0 Å². The van der Waals surface area contributed by atoms with E-state index in [4.69, 9.17) is 21.4 Å². The van der Waals surface area contributed by atoms with Crippen LogP contribution in [0.5, 0.6) is 5.75 Å².